The van der Waals surface area contributed by atoms with Gasteiger partial charge in [0.2, 0.25) is 5.95 Å². The lowest BCUT2D eigenvalue weighted by molar-refractivity contribution is 0.899. The minimum atomic E-state index is 0.0979. The first-order valence-corrected chi connectivity index (χ1v) is 8.47. The standard InChI is InChI=1S/C22H17N3/c1-3-9-16(10-4-1)19-15-21(17-11-5-2-6-12-17)25-20-14-8-7-13-18(20)23-22(25)24-19/h1-15,19H,(H,23,24). The van der Waals surface area contributed by atoms with E-state index >= 15 is 0 Å². The summed E-state index contributed by atoms with van der Waals surface area (Å²) in [5.74, 6) is 0.886. The number of benzene rings is 3. The molecule has 1 N–H and O–H groups in total. The van der Waals surface area contributed by atoms with Gasteiger partial charge >= 0.3 is 0 Å². The fourth-order valence-electron chi connectivity index (χ4n) is 3.45. The lowest BCUT2D eigenvalue weighted by Gasteiger charge is -2.26. The molecule has 120 valence electrons. The average Bonchev–Trinajstić information content (AvgIpc) is 3.07. The smallest absolute Gasteiger partial charge is 0.209 e. The summed E-state index contributed by atoms with van der Waals surface area (Å²) >= 11 is 0. The van der Waals surface area contributed by atoms with Crippen molar-refractivity contribution in [3.8, 4) is 0 Å². The summed E-state index contributed by atoms with van der Waals surface area (Å²) in [6, 6.07) is 29.4. The van der Waals surface area contributed by atoms with E-state index in [1.54, 1.807) is 0 Å². The minimum absolute atomic E-state index is 0.0979. The summed E-state index contributed by atoms with van der Waals surface area (Å²) in [7, 11) is 0. The molecule has 0 spiro atoms. The van der Waals surface area contributed by atoms with E-state index in [9.17, 15) is 0 Å². The third kappa shape index (κ3) is 2.32. The molecule has 0 saturated carbocycles. The quantitative estimate of drug-likeness (QED) is 0.557. The molecule has 0 radical (unpaired) electrons. The van der Waals surface area contributed by atoms with Crippen molar-refractivity contribution in [2.24, 2.45) is 0 Å². The van der Waals surface area contributed by atoms with E-state index in [1.165, 1.54) is 11.1 Å². The Labute approximate surface area is 146 Å². The second-order valence-corrected chi connectivity index (χ2v) is 6.21. The van der Waals surface area contributed by atoms with Crippen LogP contribution in [0.2, 0.25) is 0 Å². The highest BCUT2D eigenvalue weighted by molar-refractivity contribution is 5.88. The molecule has 1 aliphatic rings. The lowest BCUT2D eigenvalue weighted by Crippen LogP contribution is -2.19. The van der Waals surface area contributed by atoms with Gasteiger partial charge in [0.15, 0.2) is 0 Å². The molecule has 1 unspecified atom stereocenters. The molecule has 4 aromatic rings. The van der Waals surface area contributed by atoms with Crippen molar-refractivity contribution in [3.63, 3.8) is 0 Å². The minimum Gasteiger partial charge on any atom is -0.345 e. The van der Waals surface area contributed by atoms with Crippen LogP contribution in [-0.4, -0.2) is 9.55 Å². The molecule has 25 heavy (non-hydrogen) atoms. The van der Waals surface area contributed by atoms with Crippen LogP contribution in [0.5, 0.6) is 0 Å². The van der Waals surface area contributed by atoms with Gasteiger partial charge in [-0.3, -0.25) is 4.57 Å². The van der Waals surface area contributed by atoms with Crippen molar-refractivity contribution in [2.75, 3.05) is 5.32 Å². The van der Waals surface area contributed by atoms with Gasteiger partial charge in [-0.1, -0.05) is 72.8 Å². The van der Waals surface area contributed by atoms with E-state index in [4.69, 9.17) is 4.98 Å². The van der Waals surface area contributed by atoms with E-state index in [1.807, 2.05) is 18.2 Å². The van der Waals surface area contributed by atoms with Gasteiger partial charge in [-0.2, -0.15) is 0 Å². The van der Waals surface area contributed by atoms with Crippen molar-refractivity contribution >= 4 is 22.7 Å². The monoisotopic (exact) mass is 323 g/mol. The first-order chi connectivity index (χ1) is 12.4. The van der Waals surface area contributed by atoms with E-state index < -0.39 is 0 Å². The van der Waals surface area contributed by atoms with E-state index in [0.717, 1.165) is 22.7 Å². The van der Waals surface area contributed by atoms with Crippen molar-refractivity contribution in [3.05, 3.63) is 102 Å². The normalized spacial score (nSPS) is 16.2. The maximum absolute atomic E-state index is 4.82. The zero-order valence-electron chi connectivity index (χ0n) is 13.6. The number of nitrogens with zero attached hydrogens (tertiary/aromatic N) is 2. The number of nitrogens with one attached hydrogen (secondary N) is 1. The number of hydrogen-bond donors (Lipinski definition) is 1. The maximum Gasteiger partial charge on any atom is 0.209 e. The van der Waals surface area contributed by atoms with Crippen LogP contribution in [0, 0.1) is 0 Å². The second-order valence-electron chi connectivity index (χ2n) is 6.21. The fourth-order valence-corrected chi connectivity index (χ4v) is 3.45. The summed E-state index contributed by atoms with van der Waals surface area (Å²) in [4.78, 5) is 4.82. The van der Waals surface area contributed by atoms with Gasteiger partial charge in [0.25, 0.3) is 0 Å². The van der Waals surface area contributed by atoms with Crippen LogP contribution < -0.4 is 5.32 Å². The third-order valence-electron chi connectivity index (χ3n) is 4.64. The van der Waals surface area contributed by atoms with E-state index in [-0.39, 0.29) is 6.04 Å². The lowest BCUT2D eigenvalue weighted by atomic mass is 10.0. The number of imidazole rings is 1. The van der Waals surface area contributed by atoms with Crippen molar-refractivity contribution in [2.45, 2.75) is 6.04 Å². The molecule has 1 aromatic heterocycles. The Morgan fingerprint density at radius 3 is 2.24 bits per heavy atom. The SMILES string of the molecule is C1=C(c2ccccc2)n2c(nc3ccccc32)NC1c1ccccc1. The third-order valence-corrected chi connectivity index (χ3v) is 4.64. The predicted octanol–water partition coefficient (Wildman–Crippen LogP) is 5.09. The van der Waals surface area contributed by atoms with Gasteiger partial charge in [0, 0.05) is 0 Å². The highest BCUT2D eigenvalue weighted by atomic mass is 15.2. The second kappa shape index (κ2) is 5.64. The van der Waals surface area contributed by atoms with Crippen molar-refractivity contribution in [1.29, 1.82) is 0 Å². The molecule has 0 fully saturated rings. The van der Waals surface area contributed by atoms with E-state index in [2.05, 4.69) is 82.7 Å². The molecule has 1 aliphatic heterocycles. The highest BCUT2D eigenvalue weighted by Crippen LogP contribution is 2.36. The van der Waals surface area contributed by atoms with Crippen molar-refractivity contribution in [1.82, 2.24) is 9.55 Å². The van der Waals surface area contributed by atoms with E-state index in [0.29, 0.717) is 0 Å². The summed E-state index contributed by atoms with van der Waals surface area (Å²) in [6.07, 6.45) is 2.28. The zero-order valence-corrected chi connectivity index (χ0v) is 13.6. The first-order valence-electron chi connectivity index (χ1n) is 8.47. The fraction of sp³-hybridized carbons (Fsp3) is 0.0455. The van der Waals surface area contributed by atoms with Crippen LogP contribution in [0.1, 0.15) is 17.2 Å². The molecule has 2 heterocycles. The van der Waals surface area contributed by atoms with Crippen LogP contribution in [0.4, 0.5) is 5.95 Å². The molecule has 5 rings (SSSR count). The first kappa shape index (κ1) is 14.1. The zero-order chi connectivity index (χ0) is 16.6. The number of para-hydroxylation sites is 2. The van der Waals surface area contributed by atoms with Crippen LogP contribution >= 0.6 is 0 Å². The molecule has 0 bridgehead atoms. The van der Waals surface area contributed by atoms with Crippen LogP contribution in [-0.2, 0) is 0 Å². The molecule has 0 aliphatic carbocycles. The Bertz CT molecular complexity index is 1060. The molecular weight excluding hydrogens is 306 g/mol. The molecule has 3 aromatic carbocycles. The summed E-state index contributed by atoms with van der Waals surface area (Å²) in [5.41, 5.74) is 5.70. The predicted molar refractivity (Wildman–Crippen MR) is 102 cm³/mol. The summed E-state index contributed by atoms with van der Waals surface area (Å²) < 4.78 is 2.21. The van der Waals surface area contributed by atoms with Crippen LogP contribution in [0.25, 0.3) is 16.7 Å². The largest absolute Gasteiger partial charge is 0.345 e. The maximum atomic E-state index is 4.82. The topological polar surface area (TPSA) is 29.9 Å². The molecular formula is C22H17N3. The molecule has 0 saturated heterocycles. The van der Waals surface area contributed by atoms with Gasteiger partial charge in [-0.25, -0.2) is 4.98 Å². The van der Waals surface area contributed by atoms with Crippen molar-refractivity contribution < 1.29 is 0 Å². The highest BCUT2D eigenvalue weighted by Gasteiger charge is 2.24. The Kier molecular flexibility index (Phi) is 3.17. The summed E-state index contributed by atoms with van der Waals surface area (Å²) in [6.45, 7) is 0. The average molecular weight is 323 g/mol. The van der Waals surface area contributed by atoms with Gasteiger partial charge in [0.1, 0.15) is 0 Å². The molecule has 1 atom stereocenters. The number of anilines is 1. The van der Waals surface area contributed by atoms with Crippen LogP contribution in [0.3, 0.4) is 0 Å². The van der Waals surface area contributed by atoms with Gasteiger partial charge < -0.3 is 5.32 Å². The van der Waals surface area contributed by atoms with Crippen LogP contribution in [0.15, 0.2) is 91.0 Å². The number of rotatable bonds is 2. The van der Waals surface area contributed by atoms with Gasteiger partial charge in [-0.15, -0.1) is 0 Å². The summed E-state index contributed by atoms with van der Waals surface area (Å²) in [5, 5.41) is 3.58. The van der Waals surface area contributed by atoms with Gasteiger partial charge in [0.05, 0.1) is 22.8 Å². The Balaban J connectivity index is 1.75. The molecule has 3 heteroatoms. The number of hydrogen-bond acceptors (Lipinski definition) is 2. The Morgan fingerprint density at radius 1 is 0.760 bits per heavy atom. The number of aromatic nitrogens is 2. The Hall–Kier alpha value is -3.33. The number of fused-ring (bicyclic) bond motifs is 3. The molecule has 3 nitrogen and oxygen atoms in total. The molecule has 0 amide bonds. The Morgan fingerprint density at radius 2 is 1.44 bits per heavy atom. The van der Waals surface area contributed by atoms with Gasteiger partial charge in [-0.05, 0) is 29.3 Å².